The van der Waals surface area contributed by atoms with Gasteiger partial charge < -0.3 is 9.47 Å². The number of methoxy groups -OCH3 is 1. The summed E-state index contributed by atoms with van der Waals surface area (Å²) in [7, 11) is 1.62. The number of para-hydroxylation sites is 1. The molecule has 0 bridgehead atoms. The summed E-state index contributed by atoms with van der Waals surface area (Å²) in [4.78, 5) is 16.8. The first kappa shape index (κ1) is 21.7. The Bertz CT molecular complexity index is 1440. The van der Waals surface area contributed by atoms with Gasteiger partial charge in [0.2, 0.25) is 0 Å². The molecule has 0 unspecified atom stereocenters. The highest BCUT2D eigenvalue weighted by atomic mass is 32.2. The van der Waals surface area contributed by atoms with E-state index in [1.165, 1.54) is 11.8 Å². The Balaban J connectivity index is 1.35. The number of aromatic nitrogens is 4. The largest absolute Gasteiger partial charge is 0.497 e. The highest BCUT2D eigenvalue weighted by Crippen LogP contribution is 2.28. The molecule has 7 nitrogen and oxygen atoms in total. The quantitative estimate of drug-likeness (QED) is 0.185. The van der Waals surface area contributed by atoms with E-state index in [-0.39, 0.29) is 11.7 Å². The summed E-state index contributed by atoms with van der Waals surface area (Å²) in [6.07, 6.45) is 3.45. The molecule has 0 spiro atoms. The maximum atomic E-state index is 12.6. The number of nitrogens with zero attached hydrogens (tertiary/aromatic N) is 4. The van der Waals surface area contributed by atoms with Crippen LogP contribution < -0.4 is 9.47 Å². The number of pyridine rings is 1. The number of carbonyl (C=O) groups excluding carboxylic acids is 1. The lowest BCUT2D eigenvalue weighted by molar-refractivity contribution is -0.131. The molecule has 0 atom stereocenters. The van der Waals surface area contributed by atoms with E-state index in [9.17, 15) is 4.79 Å². The topological polar surface area (TPSA) is 79.1 Å². The van der Waals surface area contributed by atoms with Crippen molar-refractivity contribution in [3.8, 4) is 28.6 Å². The molecular weight excluding hydrogens is 448 g/mol. The average Bonchev–Trinajstić information content (AvgIpc) is 3.32. The van der Waals surface area contributed by atoms with Crippen molar-refractivity contribution < 1.29 is 14.3 Å². The molecule has 0 radical (unpaired) electrons. The van der Waals surface area contributed by atoms with Gasteiger partial charge in [-0.3, -0.25) is 14.3 Å². The Morgan fingerprint density at radius 3 is 2.47 bits per heavy atom. The fourth-order valence-corrected chi connectivity index (χ4v) is 4.26. The molecule has 5 rings (SSSR count). The highest BCUT2D eigenvalue weighted by molar-refractivity contribution is 7.99. The van der Waals surface area contributed by atoms with E-state index in [1.54, 1.807) is 25.6 Å². The molecule has 5 aromatic rings. The molecule has 168 valence electrons. The van der Waals surface area contributed by atoms with Crippen molar-refractivity contribution >= 4 is 28.5 Å². The van der Waals surface area contributed by atoms with Gasteiger partial charge in [0.25, 0.3) is 0 Å². The van der Waals surface area contributed by atoms with E-state index in [0.29, 0.717) is 16.7 Å². The lowest BCUT2D eigenvalue weighted by Gasteiger charge is -2.10. The van der Waals surface area contributed by atoms with Crippen LogP contribution in [0.15, 0.2) is 96.4 Å². The van der Waals surface area contributed by atoms with E-state index >= 15 is 0 Å². The molecule has 0 saturated carbocycles. The zero-order valence-electron chi connectivity index (χ0n) is 18.3. The Morgan fingerprint density at radius 2 is 1.71 bits per heavy atom. The van der Waals surface area contributed by atoms with Crippen molar-refractivity contribution in [2.75, 3.05) is 12.9 Å². The number of ether oxygens (including phenoxy) is 2. The third-order valence-corrected chi connectivity index (χ3v) is 6.04. The molecule has 0 aliphatic rings. The van der Waals surface area contributed by atoms with Gasteiger partial charge in [-0.2, -0.15) is 0 Å². The predicted molar refractivity (Wildman–Crippen MR) is 131 cm³/mol. The minimum Gasteiger partial charge on any atom is -0.497 e. The molecule has 34 heavy (non-hydrogen) atoms. The van der Waals surface area contributed by atoms with Crippen molar-refractivity contribution in [2.24, 2.45) is 0 Å². The van der Waals surface area contributed by atoms with E-state index in [0.717, 1.165) is 27.8 Å². The average molecular weight is 469 g/mol. The van der Waals surface area contributed by atoms with Gasteiger partial charge in [-0.05, 0) is 59.3 Å². The summed E-state index contributed by atoms with van der Waals surface area (Å²) >= 11 is 1.27. The van der Waals surface area contributed by atoms with Gasteiger partial charge in [0.05, 0.1) is 12.9 Å². The van der Waals surface area contributed by atoms with Gasteiger partial charge in [-0.15, -0.1) is 10.2 Å². The molecule has 2 aromatic heterocycles. The number of rotatable bonds is 7. The minimum absolute atomic E-state index is 0.0775. The van der Waals surface area contributed by atoms with Crippen LogP contribution in [0.5, 0.6) is 11.5 Å². The standard InChI is InChI=1S/C26H20N4O3S/c1-32-22-11-9-18-10-12-23(15-20(18)14-22)33-24(31)17-34-26-29-28-25(19-6-5-13-27-16-19)30(26)21-7-3-2-4-8-21/h2-16H,17H2,1H3. The number of carbonyl (C=O) groups is 1. The first-order chi connectivity index (χ1) is 16.7. The highest BCUT2D eigenvalue weighted by Gasteiger charge is 2.18. The van der Waals surface area contributed by atoms with Crippen LogP contribution in [-0.2, 0) is 4.79 Å². The van der Waals surface area contributed by atoms with Crippen molar-refractivity contribution in [1.29, 1.82) is 0 Å². The second-order valence-electron chi connectivity index (χ2n) is 7.36. The number of thioether (sulfide) groups is 1. The first-order valence-electron chi connectivity index (χ1n) is 10.5. The Hall–Kier alpha value is -4.17. The van der Waals surface area contributed by atoms with Crippen molar-refractivity contribution in [3.05, 3.63) is 91.3 Å². The van der Waals surface area contributed by atoms with Crippen LogP contribution in [0.2, 0.25) is 0 Å². The summed E-state index contributed by atoms with van der Waals surface area (Å²) in [5, 5.41) is 11.3. The number of benzene rings is 3. The summed E-state index contributed by atoms with van der Waals surface area (Å²) < 4.78 is 12.8. The monoisotopic (exact) mass is 468 g/mol. The molecule has 0 N–H and O–H groups in total. The number of fused-ring (bicyclic) bond motifs is 1. The Kier molecular flexibility index (Phi) is 6.22. The molecule has 0 amide bonds. The molecule has 0 saturated heterocycles. The zero-order chi connectivity index (χ0) is 23.3. The van der Waals surface area contributed by atoms with Gasteiger partial charge in [-0.1, -0.05) is 42.1 Å². The SMILES string of the molecule is COc1ccc2ccc(OC(=O)CSc3nnc(-c4cccnc4)n3-c3ccccc3)cc2c1. The Labute approximate surface area is 200 Å². The summed E-state index contributed by atoms with van der Waals surface area (Å²) in [5.41, 5.74) is 1.73. The van der Waals surface area contributed by atoms with E-state index in [1.807, 2.05) is 77.4 Å². The minimum atomic E-state index is -0.377. The van der Waals surface area contributed by atoms with E-state index < -0.39 is 0 Å². The van der Waals surface area contributed by atoms with Gasteiger partial charge in [0, 0.05) is 23.6 Å². The maximum absolute atomic E-state index is 12.6. The second-order valence-corrected chi connectivity index (χ2v) is 8.30. The second kappa shape index (κ2) is 9.76. The van der Waals surface area contributed by atoms with Crippen molar-refractivity contribution in [3.63, 3.8) is 0 Å². The summed E-state index contributed by atoms with van der Waals surface area (Å²) in [6.45, 7) is 0. The van der Waals surface area contributed by atoms with Gasteiger partial charge >= 0.3 is 5.97 Å². The van der Waals surface area contributed by atoms with Gasteiger partial charge in [0.1, 0.15) is 11.5 Å². The van der Waals surface area contributed by atoms with E-state index in [4.69, 9.17) is 9.47 Å². The lowest BCUT2D eigenvalue weighted by Crippen LogP contribution is -2.11. The fraction of sp³-hybridized carbons (Fsp3) is 0.0769. The molecule has 0 aliphatic carbocycles. The predicted octanol–water partition coefficient (Wildman–Crippen LogP) is 5.19. The van der Waals surface area contributed by atoms with Crippen LogP contribution >= 0.6 is 11.8 Å². The van der Waals surface area contributed by atoms with Crippen LogP contribution in [0.1, 0.15) is 0 Å². The fourth-order valence-electron chi connectivity index (χ4n) is 3.53. The smallest absolute Gasteiger partial charge is 0.321 e. The third-order valence-electron chi connectivity index (χ3n) is 5.14. The maximum Gasteiger partial charge on any atom is 0.321 e. The molecule has 2 heterocycles. The van der Waals surface area contributed by atoms with Crippen LogP contribution in [-0.4, -0.2) is 38.6 Å². The lowest BCUT2D eigenvalue weighted by atomic mass is 10.1. The zero-order valence-corrected chi connectivity index (χ0v) is 19.1. The van der Waals surface area contributed by atoms with Crippen LogP contribution in [0.4, 0.5) is 0 Å². The number of hydrogen-bond donors (Lipinski definition) is 0. The Morgan fingerprint density at radius 1 is 0.912 bits per heavy atom. The van der Waals surface area contributed by atoms with Crippen LogP contribution in [0.25, 0.3) is 27.8 Å². The molecule has 3 aromatic carbocycles. The molecular formula is C26H20N4O3S. The van der Waals surface area contributed by atoms with Crippen molar-refractivity contribution in [2.45, 2.75) is 5.16 Å². The third kappa shape index (κ3) is 4.62. The molecule has 0 aliphatic heterocycles. The summed E-state index contributed by atoms with van der Waals surface area (Å²) in [5.74, 6) is 1.58. The van der Waals surface area contributed by atoms with Gasteiger partial charge in [-0.25, -0.2) is 0 Å². The van der Waals surface area contributed by atoms with E-state index in [2.05, 4.69) is 15.2 Å². The van der Waals surface area contributed by atoms with Crippen LogP contribution in [0.3, 0.4) is 0 Å². The summed E-state index contributed by atoms with van der Waals surface area (Å²) in [6, 6.07) is 24.8. The molecule has 8 heteroatoms. The first-order valence-corrected chi connectivity index (χ1v) is 11.5. The van der Waals surface area contributed by atoms with Gasteiger partial charge in [0.15, 0.2) is 11.0 Å². The number of esters is 1. The normalized spacial score (nSPS) is 10.9. The molecule has 0 fully saturated rings. The number of hydrogen-bond acceptors (Lipinski definition) is 7. The van der Waals surface area contributed by atoms with Crippen LogP contribution in [0, 0.1) is 0 Å². The van der Waals surface area contributed by atoms with Crippen molar-refractivity contribution in [1.82, 2.24) is 19.7 Å².